The zero-order valence-electron chi connectivity index (χ0n) is 10.1. The first-order chi connectivity index (χ1) is 7.42. The molecule has 0 fully saturated rings. The van der Waals surface area contributed by atoms with Crippen LogP contribution >= 0.6 is 12.6 Å². The van der Waals surface area contributed by atoms with Crippen LogP contribution in [0.5, 0.6) is 0 Å². The molecule has 98 valence electrons. The van der Waals surface area contributed by atoms with Crippen LogP contribution < -0.4 is 0 Å². The summed E-state index contributed by atoms with van der Waals surface area (Å²) in [6.45, 7) is 2.11. The van der Waals surface area contributed by atoms with Gasteiger partial charge in [0, 0.05) is 0 Å². The van der Waals surface area contributed by atoms with Crippen molar-refractivity contribution in [2.75, 3.05) is 5.75 Å². The van der Waals surface area contributed by atoms with Crippen LogP contribution in [0.2, 0.25) is 0 Å². The van der Waals surface area contributed by atoms with Gasteiger partial charge < -0.3 is 0 Å². The summed E-state index contributed by atoms with van der Waals surface area (Å²) in [7, 11) is -3.74. The first-order valence-corrected chi connectivity index (χ1v) is 8.17. The molecule has 0 amide bonds. The Balaban J connectivity index is 3.10. The quantitative estimate of drug-likeness (QED) is 0.363. The molecule has 0 aromatic carbocycles. The molecular formula is C11H24O3S2. The summed E-state index contributed by atoms with van der Waals surface area (Å²) in [5, 5.41) is 0.495. The molecule has 5 heteroatoms. The van der Waals surface area contributed by atoms with E-state index in [0.717, 1.165) is 19.3 Å². The van der Waals surface area contributed by atoms with Gasteiger partial charge in [0.2, 0.25) is 0 Å². The largest absolute Gasteiger partial charge is 0.286 e. The topological polar surface area (TPSA) is 54.4 Å². The van der Waals surface area contributed by atoms with Gasteiger partial charge in [-0.15, -0.1) is 0 Å². The number of rotatable bonds is 10. The average molecular weight is 268 g/mol. The van der Waals surface area contributed by atoms with Crippen molar-refractivity contribution >= 4 is 22.7 Å². The molecule has 0 spiro atoms. The molecule has 0 rings (SSSR count). The summed E-state index contributed by atoms with van der Waals surface area (Å²) in [5.74, 6) is -0.0931. The van der Waals surface area contributed by atoms with Crippen LogP contribution in [-0.2, 0) is 10.1 Å². The van der Waals surface area contributed by atoms with E-state index in [1.807, 2.05) is 0 Å². The van der Waals surface area contributed by atoms with Crippen LogP contribution in [-0.4, -0.2) is 24.0 Å². The lowest BCUT2D eigenvalue weighted by Gasteiger charge is -2.03. The summed E-state index contributed by atoms with van der Waals surface area (Å²) >= 11 is 4.32. The molecule has 0 bridgehead atoms. The maximum absolute atomic E-state index is 10.4. The van der Waals surface area contributed by atoms with E-state index in [1.54, 1.807) is 0 Å². The molecule has 1 unspecified atom stereocenters. The second-order valence-electron chi connectivity index (χ2n) is 4.40. The molecule has 0 aromatic heterocycles. The highest BCUT2D eigenvalue weighted by atomic mass is 32.2. The van der Waals surface area contributed by atoms with E-state index in [1.165, 1.54) is 25.7 Å². The van der Waals surface area contributed by atoms with Crippen molar-refractivity contribution in [3.63, 3.8) is 0 Å². The maximum atomic E-state index is 10.4. The third kappa shape index (κ3) is 14.3. The van der Waals surface area contributed by atoms with Gasteiger partial charge in [-0.1, -0.05) is 45.4 Å². The molecule has 0 aliphatic carbocycles. The predicted molar refractivity (Wildman–Crippen MR) is 71.8 cm³/mol. The van der Waals surface area contributed by atoms with Crippen molar-refractivity contribution in [1.82, 2.24) is 0 Å². The lowest BCUT2D eigenvalue weighted by Crippen LogP contribution is -2.03. The van der Waals surface area contributed by atoms with Crippen molar-refractivity contribution in [2.45, 2.75) is 63.5 Å². The molecule has 0 saturated heterocycles. The second-order valence-corrected chi connectivity index (χ2v) is 6.85. The fourth-order valence-corrected chi connectivity index (χ4v) is 2.36. The Hall–Kier alpha value is 0.260. The van der Waals surface area contributed by atoms with E-state index in [-0.39, 0.29) is 5.75 Å². The molecule has 0 aromatic rings. The zero-order valence-corrected chi connectivity index (χ0v) is 11.8. The number of unbranched alkanes of at least 4 members (excludes halogenated alkanes) is 6. The van der Waals surface area contributed by atoms with Crippen LogP contribution in [0.3, 0.4) is 0 Å². The van der Waals surface area contributed by atoms with Crippen LogP contribution in [0.1, 0.15) is 58.3 Å². The molecule has 0 saturated carbocycles. The molecule has 0 aliphatic rings. The van der Waals surface area contributed by atoms with Gasteiger partial charge in [-0.3, -0.25) is 4.55 Å². The summed E-state index contributed by atoms with van der Waals surface area (Å²) in [5.41, 5.74) is 0. The smallest absolute Gasteiger partial charge is 0.264 e. The van der Waals surface area contributed by atoms with E-state index in [9.17, 15) is 8.42 Å². The van der Waals surface area contributed by atoms with Crippen molar-refractivity contribution in [1.29, 1.82) is 0 Å². The fourth-order valence-electron chi connectivity index (χ4n) is 1.61. The summed E-state index contributed by atoms with van der Waals surface area (Å²) in [4.78, 5) is 0. The van der Waals surface area contributed by atoms with Crippen molar-refractivity contribution in [3.8, 4) is 0 Å². The molecule has 1 N–H and O–H groups in total. The van der Waals surface area contributed by atoms with E-state index in [2.05, 4.69) is 19.6 Å². The highest BCUT2D eigenvalue weighted by Gasteiger charge is 2.02. The average Bonchev–Trinajstić information content (AvgIpc) is 2.13. The van der Waals surface area contributed by atoms with Gasteiger partial charge >= 0.3 is 0 Å². The van der Waals surface area contributed by atoms with Gasteiger partial charge in [0.15, 0.2) is 0 Å². The highest BCUT2D eigenvalue weighted by molar-refractivity contribution is 7.85. The Morgan fingerprint density at radius 1 is 1.00 bits per heavy atom. The third-order valence-electron chi connectivity index (χ3n) is 2.52. The molecule has 1 atom stereocenters. The van der Waals surface area contributed by atoms with Crippen LogP contribution in [0.4, 0.5) is 0 Å². The number of hydrogen-bond acceptors (Lipinski definition) is 3. The highest BCUT2D eigenvalue weighted by Crippen LogP contribution is 2.11. The molecule has 0 aliphatic heterocycles. The lowest BCUT2D eigenvalue weighted by molar-refractivity contribution is 0.478. The Labute approximate surface area is 105 Å². The summed E-state index contributed by atoms with van der Waals surface area (Å²) in [6, 6.07) is 0. The second kappa shape index (κ2) is 9.31. The van der Waals surface area contributed by atoms with Crippen molar-refractivity contribution < 1.29 is 13.0 Å². The van der Waals surface area contributed by atoms with Crippen molar-refractivity contribution in [2.24, 2.45) is 0 Å². The SMILES string of the molecule is CC(S)CCCCCCCCCS(=O)(=O)O. The summed E-state index contributed by atoms with van der Waals surface area (Å²) < 4.78 is 29.3. The lowest BCUT2D eigenvalue weighted by atomic mass is 10.1. The van der Waals surface area contributed by atoms with Gasteiger partial charge in [-0.25, -0.2) is 0 Å². The number of thiol groups is 1. The van der Waals surface area contributed by atoms with Gasteiger partial charge in [-0.05, 0) is 18.1 Å². The van der Waals surface area contributed by atoms with Crippen LogP contribution in [0.25, 0.3) is 0 Å². The Bertz CT molecular complexity index is 248. The predicted octanol–water partition coefficient (Wildman–Crippen LogP) is 3.31. The minimum absolute atomic E-state index is 0.0931. The van der Waals surface area contributed by atoms with Gasteiger partial charge in [0.25, 0.3) is 10.1 Å². The third-order valence-corrected chi connectivity index (χ3v) is 3.59. The van der Waals surface area contributed by atoms with Crippen molar-refractivity contribution in [3.05, 3.63) is 0 Å². The van der Waals surface area contributed by atoms with Gasteiger partial charge in [-0.2, -0.15) is 21.0 Å². The van der Waals surface area contributed by atoms with E-state index >= 15 is 0 Å². The molecule has 0 heterocycles. The molecule has 3 nitrogen and oxygen atoms in total. The minimum Gasteiger partial charge on any atom is -0.286 e. The van der Waals surface area contributed by atoms with E-state index in [4.69, 9.17) is 4.55 Å². The Morgan fingerprint density at radius 2 is 1.44 bits per heavy atom. The van der Waals surface area contributed by atoms with E-state index < -0.39 is 10.1 Å². The normalized spacial score (nSPS) is 13.9. The first kappa shape index (κ1) is 16.3. The zero-order chi connectivity index (χ0) is 12.4. The van der Waals surface area contributed by atoms with Gasteiger partial charge in [0.1, 0.15) is 0 Å². The van der Waals surface area contributed by atoms with Crippen LogP contribution in [0, 0.1) is 0 Å². The molecule has 0 radical (unpaired) electrons. The van der Waals surface area contributed by atoms with Crippen LogP contribution in [0.15, 0.2) is 0 Å². The van der Waals surface area contributed by atoms with E-state index in [0.29, 0.717) is 11.7 Å². The molecule has 16 heavy (non-hydrogen) atoms. The monoisotopic (exact) mass is 268 g/mol. The standard InChI is InChI=1S/C11H24O3S2/c1-11(15)9-7-5-3-2-4-6-8-10-16(12,13)14/h11,15H,2-10H2,1H3,(H,12,13,14). The molecular weight excluding hydrogens is 244 g/mol. The summed E-state index contributed by atoms with van der Waals surface area (Å²) in [6.07, 6.45) is 8.55. The fraction of sp³-hybridized carbons (Fsp3) is 1.00. The minimum atomic E-state index is -3.74. The first-order valence-electron chi connectivity index (χ1n) is 6.05. The van der Waals surface area contributed by atoms with Gasteiger partial charge in [0.05, 0.1) is 5.75 Å². The Morgan fingerprint density at radius 3 is 1.88 bits per heavy atom. The maximum Gasteiger partial charge on any atom is 0.264 e. The number of hydrogen-bond donors (Lipinski definition) is 2. The Kier molecular flexibility index (Phi) is 9.46.